The molecule has 0 aliphatic heterocycles. The van der Waals surface area contributed by atoms with Gasteiger partial charge in [-0.05, 0) is 31.5 Å². The molecule has 0 aliphatic rings. The van der Waals surface area contributed by atoms with Crippen LogP contribution in [0.2, 0.25) is 5.02 Å². The fourth-order valence-electron chi connectivity index (χ4n) is 1.53. The van der Waals surface area contributed by atoms with Gasteiger partial charge >= 0.3 is 0 Å². The fourth-order valence-corrected chi connectivity index (χ4v) is 1.70. The molecule has 1 aromatic carbocycles. The normalized spacial score (nSPS) is 10.4. The number of hydrogen-bond donors (Lipinski definition) is 2. The Morgan fingerprint density at radius 1 is 1.38 bits per heavy atom. The number of nitrogens with zero attached hydrogens (tertiary/aromatic N) is 1. The van der Waals surface area contributed by atoms with Crippen LogP contribution in [0.4, 0.5) is 5.69 Å². The van der Waals surface area contributed by atoms with Crippen molar-refractivity contribution >= 4 is 17.3 Å². The molecule has 0 spiro atoms. The Bertz CT molecular complexity index is 491. The Labute approximate surface area is 99.9 Å². The van der Waals surface area contributed by atoms with Crippen molar-refractivity contribution < 1.29 is 0 Å². The SMILES string of the molecule is Cc1ccc(Cl)cc1NCc1nc[nH]c1C. The average molecular weight is 236 g/mol. The lowest BCUT2D eigenvalue weighted by atomic mass is 10.2. The molecular weight excluding hydrogens is 222 g/mol. The molecule has 2 rings (SSSR count). The van der Waals surface area contributed by atoms with Crippen molar-refractivity contribution in [1.29, 1.82) is 0 Å². The molecule has 0 bridgehead atoms. The van der Waals surface area contributed by atoms with E-state index in [0.29, 0.717) is 6.54 Å². The van der Waals surface area contributed by atoms with E-state index in [1.807, 2.05) is 25.1 Å². The van der Waals surface area contributed by atoms with Crippen molar-refractivity contribution in [1.82, 2.24) is 9.97 Å². The molecule has 0 aliphatic carbocycles. The lowest BCUT2D eigenvalue weighted by Gasteiger charge is -2.09. The molecule has 84 valence electrons. The van der Waals surface area contributed by atoms with Gasteiger partial charge in [0, 0.05) is 16.4 Å². The number of hydrogen-bond acceptors (Lipinski definition) is 2. The molecule has 0 unspecified atom stereocenters. The summed E-state index contributed by atoms with van der Waals surface area (Å²) in [7, 11) is 0. The Morgan fingerprint density at radius 3 is 2.88 bits per heavy atom. The van der Waals surface area contributed by atoms with E-state index >= 15 is 0 Å². The minimum absolute atomic E-state index is 0.705. The molecule has 0 amide bonds. The Morgan fingerprint density at radius 2 is 2.19 bits per heavy atom. The number of imidazole rings is 1. The third-order valence-electron chi connectivity index (χ3n) is 2.58. The first-order valence-corrected chi connectivity index (χ1v) is 5.53. The zero-order chi connectivity index (χ0) is 11.5. The fraction of sp³-hybridized carbons (Fsp3) is 0.250. The van der Waals surface area contributed by atoms with E-state index in [1.165, 1.54) is 5.56 Å². The van der Waals surface area contributed by atoms with Crippen molar-refractivity contribution in [2.75, 3.05) is 5.32 Å². The summed E-state index contributed by atoms with van der Waals surface area (Å²) in [5.41, 5.74) is 4.35. The van der Waals surface area contributed by atoms with Gasteiger partial charge in [-0.25, -0.2) is 4.98 Å². The van der Waals surface area contributed by atoms with Crippen LogP contribution in [0.3, 0.4) is 0 Å². The topological polar surface area (TPSA) is 40.7 Å². The number of aromatic amines is 1. The maximum Gasteiger partial charge on any atom is 0.0925 e. The van der Waals surface area contributed by atoms with Crippen LogP contribution in [-0.2, 0) is 6.54 Å². The van der Waals surface area contributed by atoms with E-state index < -0.39 is 0 Å². The summed E-state index contributed by atoms with van der Waals surface area (Å²) < 4.78 is 0. The number of benzene rings is 1. The number of rotatable bonds is 3. The molecular formula is C12H14ClN3. The maximum atomic E-state index is 5.95. The number of aryl methyl sites for hydroxylation is 2. The molecule has 0 fully saturated rings. The largest absolute Gasteiger partial charge is 0.379 e. The molecule has 1 aromatic heterocycles. The number of anilines is 1. The molecule has 3 nitrogen and oxygen atoms in total. The number of halogens is 1. The molecule has 0 saturated carbocycles. The molecule has 0 saturated heterocycles. The third kappa shape index (κ3) is 2.36. The second-order valence-electron chi connectivity index (χ2n) is 3.79. The van der Waals surface area contributed by atoms with E-state index in [2.05, 4.69) is 22.2 Å². The van der Waals surface area contributed by atoms with Crippen molar-refractivity contribution in [3.05, 3.63) is 46.5 Å². The highest BCUT2D eigenvalue weighted by molar-refractivity contribution is 6.30. The smallest absolute Gasteiger partial charge is 0.0925 e. The quantitative estimate of drug-likeness (QED) is 0.857. The van der Waals surface area contributed by atoms with Crippen LogP contribution in [0.25, 0.3) is 0 Å². The van der Waals surface area contributed by atoms with Crippen molar-refractivity contribution in [3.8, 4) is 0 Å². The first-order valence-electron chi connectivity index (χ1n) is 5.15. The summed E-state index contributed by atoms with van der Waals surface area (Å²) in [6.07, 6.45) is 1.71. The third-order valence-corrected chi connectivity index (χ3v) is 2.82. The van der Waals surface area contributed by atoms with Crippen molar-refractivity contribution in [3.63, 3.8) is 0 Å². The summed E-state index contributed by atoms with van der Waals surface area (Å²) in [6.45, 7) is 4.77. The summed E-state index contributed by atoms with van der Waals surface area (Å²) >= 11 is 5.95. The Hall–Kier alpha value is -1.48. The molecule has 0 atom stereocenters. The predicted octanol–water partition coefficient (Wildman–Crippen LogP) is 3.29. The van der Waals surface area contributed by atoms with Gasteiger partial charge in [-0.2, -0.15) is 0 Å². The van der Waals surface area contributed by atoms with Gasteiger partial charge in [0.1, 0.15) is 0 Å². The summed E-state index contributed by atoms with van der Waals surface area (Å²) in [6, 6.07) is 5.82. The second-order valence-corrected chi connectivity index (χ2v) is 4.22. The highest BCUT2D eigenvalue weighted by atomic mass is 35.5. The molecule has 4 heteroatoms. The van der Waals surface area contributed by atoms with Crippen LogP contribution in [0, 0.1) is 13.8 Å². The van der Waals surface area contributed by atoms with Gasteiger partial charge in [0.05, 0.1) is 18.6 Å². The van der Waals surface area contributed by atoms with Crippen LogP contribution in [0.1, 0.15) is 17.0 Å². The standard InChI is InChI=1S/C12H14ClN3/c1-8-3-4-10(13)5-11(8)14-6-12-9(2)15-7-16-12/h3-5,7,14H,6H2,1-2H3,(H,15,16). The van der Waals surface area contributed by atoms with Crippen LogP contribution >= 0.6 is 11.6 Å². The zero-order valence-electron chi connectivity index (χ0n) is 9.34. The molecule has 16 heavy (non-hydrogen) atoms. The molecule has 2 aromatic rings. The summed E-state index contributed by atoms with van der Waals surface area (Å²) in [5, 5.41) is 4.07. The summed E-state index contributed by atoms with van der Waals surface area (Å²) in [5.74, 6) is 0. The van der Waals surface area contributed by atoms with Crippen molar-refractivity contribution in [2.45, 2.75) is 20.4 Å². The predicted molar refractivity (Wildman–Crippen MR) is 66.8 cm³/mol. The number of H-pyrrole nitrogens is 1. The number of aromatic nitrogens is 2. The van der Waals surface area contributed by atoms with Gasteiger partial charge in [0.25, 0.3) is 0 Å². The summed E-state index contributed by atoms with van der Waals surface area (Å²) in [4.78, 5) is 7.29. The van der Waals surface area contributed by atoms with Crippen molar-refractivity contribution in [2.24, 2.45) is 0 Å². The lowest BCUT2D eigenvalue weighted by Crippen LogP contribution is -2.02. The van der Waals surface area contributed by atoms with Gasteiger partial charge in [-0.3, -0.25) is 0 Å². The zero-order valence-corrected chi connectivity index (χ0v) is 10.1. The Balaban J connectivity index is 2.10. The van der Waals surface area contributed by atoms with Crippen LogP contribution in [0.5, 0.6) is 0 Å². The monoisotopic (exact) mass is 235 g/mol. The highest BCUT2D eigenvalue weighted by Crippen LogP contribution is 2.20. The minimum Gasteiger partial charge on any atom is -0.379 e. The highest BCUT2D eigenvalue weighted by Gasteiger charge is 2.02. The van der Waals surface area contributed by atoms with Gasteiger partial charge in [0.15, 0.2) is 0 Å². The Kier molecular flexibility index (Phi) is 3.15. The number of nitrogens with one attached hydrogen (secondary N) is 2. The van der Waals surface area contributed by atoms with Crippen LogP contribution < -0.4 is 5.32 Å². The van der Waals surface area contributed by atoms with E-state index in [1.54, 1.807) is 6.33 Å². The second kappa shape index (κ2) is 4.58. The first-order chi connectivity index (χ1) is 7.66. The van der Waals surface area contributed by atoms with Crippen LogP contribution in [-0.4, -0.2) is 9.97 Å². The minimum atomic E-state index is 0.705. The van der Waals surface area contributed by atoms with Gasteiger partial charge in [-0.1, -0.05) is 17.7 Å². The molecule has 0 radical (unpaired) electrons. The van der Waals surface area contributed by atoms with Crippen LogP contribution in [0.15, 0.2) is 24.5 Å². The van der Waals surface area contributed by atoms with E-state index in [4.69, 9.17) is 11.6 Å². The first kappa shape index (κ1) is 11.0. The van der Waals surface area contributed by atoms with E-state index in [9.17, 15) is 0 Å². The van der Waals surface area contributed by atoms with E-state index in [0.717, 1.165) is 22.1 Å². The molecule has 1 heterocycles. The lowest BCUT2D eigenvalue weighted by molar-refractivity contribution is 1.05. The van der Waals surface area contributed by atoms with Gasteiger partial charge in [0.2, 0.25) is 0 Å². The van der Waals surface area contributed by atoms with Gasteiger partial charge in [-0.15, -0.1) is 0 Å². The van der Waals surface area contributed by atoms with E-state index in [-0.39, 0.29) is 0 Å². The van der Waals surface area contributed by atoms with Gasteiger partial charge < -0.3 is 10.3 Å². The maximum absolute atomic E-state index is 5.95. The molecule has 2 N–H and O–H groups in total. The average Bonchev–Trinajstić information content (AvgIpc) is 2.66.